The highest BCUT2D eigenvalue weighted by molar-refractivity contribution is 14.1. The highest BCUT2D eigenvalue weighted by Crippen LogP contribution is 2.21. The second-order valence-electron chi connectivity index (χ2n) is 5.91. The van der Waals surface area contributed by atoms with E-state index in [9.17, 15) is 4.79 Å². The smallest absolute Gasteiger partial charge is 0.255 e. The summed E-state index contributed by atoms with van der Waals surface area (Å²) < 4.78 is 6.97. The number of hydrogen-bond acceptors (Lipinski definition) is 2. The fraction of sp³-hybridized carbons (Fsp3) is 0.136. The van der Waals surface area contributed by atoms with E-state index < -0.39 is 0 Å². The van der Waals surface area contributed by atoms with Crippen LogP contribution in [-0.4, -0.2) is 5.91 Å². The van der Waals surface area contributed by atoms with Crippen molar-refractivity contribution in [2.45, 2.75) is 20.0 Å². The van der Waals surface area contributed by atoms with Crippen LogP contribution in [0.15, 0.2) is 72.8 Å². The number of benzene rings is 3. The standard InChI is InChI=1S/C22H20INO2/c1-2-17-13-19(23)11-12-21(17)24-22(25)18-9-6-10-20(14-18)26-15-16-7-4-3-5-8-16/h3-14H,2,15H2,1H3,(H,24,25). The lowest BCUT2D eigenvalue weighted by Crippen LogP contribution is -2.13. The van der Waals surface area contributed by atoms with E-state index in [2.05, 4.69) is 40.9 Å². The summed E-state index contributed by atoms with van der Waals surface area (Å²) in [4.78, 5) is 12.6. The highest BCUT2D eigenvalue weighted by Gasteiger charge is 2.10. The lowest BCUT2D eigenvalue weighted by Gasteiger charge is -2.12. The van der Waals surface area contributed by atoms with Gasteiger partial charge in [0.1, 0.15) is 12.4 Å². The van der Waals surface area contributed by atoms with Gasteiger partial charge in [0.15, 0.2) is 0 Å². The number of halogens is 1. The van der Waals surface area contributed by atoms with Crippen LogP contribution in [0.4, 0.5) is 5.69 Å². The molecule has 0 aliphatic heterocycles. The second kappa shape index (κ2) is 8.85. The molecule has 4 heteroatoms. The van der Waals surface area contributed by atoms with Crippen LogP contribution in [-0.2, 0) is 13.0 Å². The van der Waals surface area contributed by atoms with Crippen LogP contribution < -0.4 is 10.1 Å². The Hall–Kier alpha value is -2.34. The molecule has 0 bridgehead atoms. The summed E-state index contributed by atoms with van der Waals surface area (Å²) in [7, 11) is 0. The lowest BCUT2D eigenvalue weighted by molar-refractivity contribution is 0.102. The van der Waals surface area contributed by atoms with Gasteiger partial charge in [0, 0.05) is 14.8 Å². The molecule has 3 rings (SSSR count). The summed E-state index contributed by atoms with van der Waals surface area (Å²) in [5, 5.41) is 3.01. The molecule has 0 unspecified atom stereocenters. The molecule has 0 saturated heterocycles. The predicted molar refractivity (Wildman–Crippen MR) is 114 cm³/mol. The molecule has 0 aliphatic rings. The first-order chi connectivity index (χ1) is 12.7. The highest BCUT2D eigenvalue weighted by atomic mass is 127. The minimum absolute atomic E-state index is 0.133. The van der Waals surface area contributed by atoms with Crippen LogP contribution in [0.1, 0.15) is 28.4 Å². The Morgan fingerprint density at radius 3 is 2.58 bits per heavy atom. The molecule has 0 aliphatic carbocycles. The Labute approximate surface area is 167 Å². The summed E-state index contributed by atoms with van der Waals surface area (Å²) in [5.41, 5.74) is 3.65. The topological polar surface area (TPSA) is 38.3 Å². The summed E-state index contributed by atoms with van der Waals surface area (Å²) in [6.07, 6.45) is 0.868. The number of ether oxygens (including phenoxy) is 1. The van der Waals surface area contributed by atoms with E-state index >= 15 is 0 Å². The predicted octanol–water partition coefficient (Wildman–Crippen LogP) is 5.68. The number of carbonyl (C=O) groups excluding carboxylic acids is 1. The molecule has 0 atom stereocenters. The zero-order valence-corrected chi connectivity index (χ0v) is 16.7. The van der Waals surface area contributed by atoms with Gasteiger partial charge in [0.25, 0.3) is 5.91 Å². The Bertz CT molecular complexity index is 894. The van der Waals surface area contributed by atoms with Crippen molar-refractivity contribution >= 4 is 34.2 Å². The van der Waals surface area contributed by atoms with Gasteiger partial charge in [-0.15, -0.1) is 0 Å². The number of amides is 1. The van der Waals surface area contributed by atoms with Crippen molar-refractivity contribution in [3.63, 3.8) is 0 Å². The first-order valence-corrected chi connectivity index (χ1v) is 9.60. The van der Waals surface area contributed by atoms with E-state index in [1.54, 1.807) is 12.1 Å². The molecule has 0 saturated carbocycles. The maximum atomic E-state index is 12.6. The van der Waals surface area contributed by atoms with Gasteiger partial charge >= 0.3 is 0 Å². The SMILES string of the molecule is CCc1cc(I)ccc1NC(=O)c1cccc(OCc2ccccc2)c1. The van der Waals surface area contributed by atoms with Crippen molar-refractivity contribution in [2.24, 2.45) is 0 Å². The minimum atomic E-state index is -0.133. The van der Waals surface area contributed by atoms with Gasteiger partial charge in [-0.2, -0.15) is 0 Å². The van der Waals surface area contributed by atoms with Crippen molar-refractivity contribution < 1.29 is 9.53 Å². The Morgan fingerprint density at radius 1 is 1.00 bits per heavy atom. The summed E-state index contributed by atoms with van der Waals surface area (Å²) >= 11 is 2.28. The Kier molecular flexibility index (Phi) is 6.28. The van der Waals surface area contributed by atoms with Gasteiger partial charge in [-0.05, 0) is 76.5 Å². The van der Waals surface area contributed by atoms with Crippen LogP contribution in [0.25, 0.3) is 0 Å². The average molecular weight is 457 g/mol. The normalized spacial score (nSPS) is 10.4. The molecule has 26 heavy (non-hydrogen) atoms. The molecule has 3 aromatic carbocycles. The van der Waals surface area contributed by atoms with Crippen molar-refractivity contribution in [3.8, 4) is 5.75 Å². The molecule has 0 radical (unpaired) electrons. The fourth-order valence-corrected chi connectivity index (χ4v) is 3.19. The van der Waals surface area contributed by atoms with Gasteiger partial charge < -0.3 is 10.1 Å². The van der Waals surface area contributed by atoms with Gasteiger partial charge in [0.2, 0.25) is 0 Å². The molecule has 1 N–H and O–H groups in total. The number of hydrogen-bond donors (Lipinski definition) is 1. The lowest BCUT2D eigenvalue weighted by atomic mass is 10.1. The van der Waals surface area contributed by atoms with Crippen molar-refractivity contribution in [3.05, 3.63) is 93.1 Å². The second-order valence-corrected chi connectivity index (χ2v) is 7.16. The molecule has 0 aromatic heterocycles. The summed E-state index contributed by atoms with van der Waals surface area (Å²) in [6, 6.07) is 23.3. The largest absolute Gasteiger partial charge is 0.489 e. The van der Waals surface area contributed by atoms with Gasteiger partial charge in [-0.1, -0.05) is 43.3 Å². The van der Waals surface area contributed by atoms with E-state index in [0.717, 1.165) is 26.8 Å². The average Bonchev–Trinajstić information content (AvgIpc) is 2.68. The van der Waals surface area contributed by atoms with E-state index in [1.165, 1.54) is 0 Å². The molecule has 0 spiro atoms. The zero-order chi connectivity index (χ0) is 18.4. The van der Waals surface area contributed by atoms with Crippen LogP contribution in [0, 0.1) is 3.57 Å². The number of anilines is 1. The van der Waals surface area contributed by atoms with Gasteiger partial charge in [0.05, 0.1) is 0 Å². The number of nitrogens with one attached hydrogen (secondary N) is 1. The third kappa shape index (κ3) is 4.85. The van der Waals surface area contributed by atoms with Crippen molar-refractivity contribution in [2.75, 3.05) is 5.32 Å². The fourth-order valence-electron chi connectivity index (χ4n) is 2.64. The van der Waals surface area contributed by atoms with Gasteiger partial charge in [-0.3, -0.25) is 4.79 Å². The first-order valence-electron chi connectivity index (χ1n) is 8.52. The number of rotatable bonds is 6. The maximum Gasteiger partial charge on any atom is 0.255 e. The summed E-state index contributed by atoms with van der Waals surface area (Å²) in [6.45, 7) is 2.56. The molecule has 0 fully saturated rings. The molecule has 132 valence electrons. The van der Waals surface area contributed by atoms with Crippen LogP contribution in [0.5, 0.6) is 5.75 Å². The number of aryl methyl sites for hydroxylation is 1. The summed E-state index contributed by atoms with van der Waals surface area (Å²) in [5.74, 6) is 0.547. The van der Waals surface area contributed by atoms with Crippen LogP contribution >= 0.6 is 22.6 Å². The van der Waals surface area contributed by atoms with Crippen LogP contribution in [0.2, 0.25) is 0 Å². The molecule has 3 aromatic rings. The van der Waals surface area contributed by atoms with Crippen molar-refractivity contribution in [1.82, 2.24) is 0 Å². The van der Waals surface area contributed by atoms with E-state index in [1.807, 2.05) is 54.6 Å². The monoisotopic (exact) mass is 457 g/mol. The van der Waals surface area contributed by atoms with Crippen LogP contribution in [0.3, 0.4) is 0 Å². The first kappa shape index (κ1) is 18.5. The third-order valence-corrected chi connectivity index (χ3v) is 4.71. The molecule has 3 nitrogen and oxygen atoms in total. The maximum absolute atomic E-state index is 12.6. The third-order valence-electron chi connectivity index (χ3n) is 4.04. The van der Waals surface area contributed by atoms with Crippen molar-refractivity contribution in [1.29, 1.82) is 0 Å². The quantitative estimate of drug-likeness (QED) is 0.484. The molecular weight excluding hydrogens is 437 g/mol. The van der Waals surface area contributed by atoms with E-state index in [-0.39, 0.29) is 5.91 Å². The Morgan fingerprint density at radius 2 is 1.81 bits per heavy atom. The molecule has 1 amide bonds. The van der Waals surface area contributed by atoms with E-state index in [4.69, 9.17) is 4.74 Å². The molecular formula is C22H20INO2. The Balaban J connectivity index is 1.70. The molecule has 0 heterocycles. The minimum Gasteiger partial charge on any atom is -0.489 e. The van der Waals surface area contributed by atoms with E-state index in [0.29, 0.717) is 17.9 Å². The number of carbonyl (C=O) groups is 1. The zero-order valence-electron chi connectivity index (χ0n) is 14.5. The van der Waals surface area contributed by atoms with Gasteiger partial charge in [-0.25, -0.2) is 0 Å².